The predicted octanol–water partition coefficient (Wildman–Crippen LogP) is 6.83. The average molecular weight is 645 g/mol. The molecule has 0 saturated carbocycles. The van der Waals surface area contributed by atoms with Gasteiger partial charge < -0.3 is 24.7 Å². The fourth-order valence-electron chi connectivity index (χ4n) is 4.31. The van der Waals surface area contributed by atoms with Gasteiger partial charge in [-0.1, -0.05) is 85.2 Å². The second kappa shape index (κ2) is 23.0. The highest BCUT2D eigenvalue weighted by atomic mass is 16.5. The summed E-state index contributed by atoms with van der Waals surface area (Å²) in [4.78, 5) is 13.8. The molecule has 48 heavy (non-hydrogen) atoms. The Morgan fingerprint density at radius 2 is 1.44 bits per heavy atom. The van der Waals surface area contributed by atoms with Gasteiger partial charge in [0.05, 0.1) is 50.4 Å². The van der Waals surface area contributed by atoms with Crippen LogP contribution in [0.1, 0.15) is 48.2 Å². The van der Waals surface area contributed by atoms with Gasteiger partial charge in [0.15, 0.2) is 0 Å². The number of nitrogens with zero attached hydrogens (tertiary/aromatic N) is 3. The number of terminal acetylenes is 2. The van der Waals surface area contributed by atoms with Crippen LogP contribution in [0.4, 0.5) is 0 Å². The molecule has 3 aromatic rings. The summed E-state index contributed by atoms with van der Waals surface area (Å²) in [6.45, 7) is 6.42. The molecule has 0 aliphatic carbocycles. The highest BCUT2D eigenvalue weighted by molar-refractivity contribution is 5.81. The Balaban J connectivity index is 1.34. The normalized spacial score (nSPS) is 12.9. The lowest BCUT2D eigenvalue weighted by Crippen LogP contribution is -2.07. The summed E-state index contributed by atoms with van der Waals surface area (Å²) in [5.74, 6) is 6.23. The van der Waals surface area contributed by atoms with Gasteiger partial charge in [-0.15, -0.1) is 12.8 Å². The van der Waals surface area contributed by atoms with Gasteiger partial charge in [0.25, 0.3) is 0 Å². The molecular formula is C40H44N4O4. The summed E-state index contributed by atoms with van der Waals surface area (Å²) in [6.07, 6.45) is 23.5. The second-order valence-electron chi connectivity index (χ2n) is 10.5. The number of allylic oxidation sites excluding steroid dienone is 3. The minimum Gasteiger partial charge on any atom is -0.492 e. The van der Waals surface area contributed by atoms with E-state index in [-0.39, 0.29) is 25.3 Å². The van der Waals surface area contributed by atoms with Gasteiger partial charge in [0.1, 0.15) is 24.7 Å². The van der Waals surface area contributed by atoms with Crippen molar-refractivity contribution in [3.63, 3.8) is 0 Å². The van der Waals surface area contributed by atoms with E-state index in [4.69, 9.17) is 37.5 Å². The first-order valence-corrected chi connectivity index (χ1v) is 15.8. The highest BCUT2D eigenvalue weighted by Gasteiger charge is 2.10. The van der Waals surface area contributed by atoms with E-state index in [0.29, 0.717) is 43.5 Å². The predicted molar refractivity (Wildman–Crippen MR) is 194 cm³/mol. The maximum absolute atomic E-state index is 5.86. The number of unbranched alkanes of at least 4 members (excludes halogenated alkanes) is 2. The lowest BCUT2D eigenvalue weighted by molar-refractivity contribution is 0.152. The summed E-state index contributed by atoms with van der Waals surface area (Å²) in [7, 11) is 0. The van der Waals surface area contributed by atoms with E-state index in [1.165, 1.54) is 6.20 Å². The third-order valence-electron chi connectivity index (χ3n) is 6.81. The molecule has 0 spiro atoms. The Morgan fingerprint density at radius 1 is 0.812 bits per heavy atom. The number of ether oxygens (including phenoxy) is 4. The van der Waals surface area contributed by atoms with E-state index in [9.17, 15) is 0 Å². The van der Waals surface area contributed by atoms with Crippen LogP contribution in [0, 0.1) is 24.7 Å². The van der Waals surface area contributed by atoms with Crippen LogP contribution in [-0.2, 0) is 14.2 Å². The fourth-order valence-corrected chi connectivity index (χ4v) is 4.31. The number of aromatic nitrogens is 1. The van der Waals surface area contributed by atoms with Crippen LogP contribution >= 0.6 is 0 Å². The van der Waals surface area contributed by atoms with E-state index in [1.807, 2.05) is 78.9 Å². The van der Waals surface area contributed by atoms with Crippen molar-refractivity contribution in [2.45, 2.75) is 31.3 Å². The Morgan fingerprint density at radius 3 is 2.02 bits per heavy atom. The third-order valence-corrected chi connectivity index (χ3v) is 6.81. The summed E-state index contributed by atoms with van der Waals surface area (Å²) >= 11 is 0. The molecule has 2 N–H and O–H groups in total. The molecule has 0 fully saturated rings. The van der Waals surface area contributed by atoms with Gasteiger partial charge in [0, 0.05) is 18.6 Å². The van der Waals surface area contributed by atoms with Gasteiger partial charge in [0.2, 0.25) is 0 Å². The lowest BCUT2D eigenvalue weighted by atomic mass is 10.1. The van der Waals surface area contributed by atoms with E-state index in [1.54, 1.807) is 24.7 Å². The Bertz CT molecular complexity index is 1550. The van der Waals surface area contributed by atoms with Crippen LogP contribution < -0.4 is 10.5 Å². The van der Waals surface area contributed by atoms with Gasteiger partial charge in [-0.25, -0.2) is 0 Å². The van der Waals surface area contributed by atoms with Crippen molar-refractivity contribution in [2.75, 3.05) is 39.6 Å². The standard InChI is InChI=1S/C40H44N4O4/c1-4-23-45-31-39(34-15-9-6-10-16-34)43-28-33(3)19-21-37(27-41)47-25-13-8-14-26-48-38-22-20-36(42-30-38)29-44-40(32-46-24-5-2)35-17-11-7-12-18-35/h1-2,6-7,9-12,15-22,27-30,39-40H,3,8,13-14,23-26,31-32,41H2/b21-19-,37-27+,43-28+,44-29+/t39-,40-/m0/s1. The largest absolute Gasteiger partial charge is 0.492 e. The second-order valence-corrected chi connectivity index (χ2v) is 10.5. The van der Waals surface area contributed by atoms with Gasteiger partial charge in [-0.3, -0.25) is 15.0 Å². The van der Waals surface area contributed by atoms with E-state index in [0.717, 1.165) is 36.1 Å². The summed E-state index contributed by atoms with van der Waals surface area (Å²) < 4.78 is 22.7. The smallest absolute Gasteiger partial charge is 0.137 e. The number of nitrogens with two attached hydrogens (primary N) is 1. The molecule has 0 amide bonds. The molecule has 0 saturated heterocycles. The average Bonchev–Trinajstić information content (AvgIpc) is 3.13. The van der Waals surface area contributed by atoms with E-state index in [2.05, 4.69) is 33.4 Å². The minimum absolute atomic E-state index is 0.170. The zero-order chi connectivity index (χ0) is 34.1. The highest BCUT2D eigenvalue weighted by Crippen LogP contribution is 2.19. The summed E-state index contributed by atoms with van der Waals surface area (Å²) in [5, 5.41) is 0. The zero-order valence-electron chi connectivity index (χ0n) is 27.3. The lowest BCUT2D eigenvalue weighted by Gasteiger charge is -2.12. The maximum atomic E-state index is 5.86. The molecule has 8 nitrogen and oxygen atoms in total. The molecule has 0 aliphatic heterocycles. The van der Waals surface area contributed by atoms with Crippen molar-refractivity contribution < 1.29 is 18.9 Å². The van der Waals surface area contributed by atoms with Crippen molar-refractivity contribution in [2.24, 2.45) is 15.7 Å². The first kappa shape index (κ1) is 37.1. The molecule has 0 radical (unpaired) electrons. The van der Waals surface area contributed by atoms with Crippen LogP contribution in [0.3, 0.4) is 0 Å². The maximum Gasteiger partial charge on any atom is 0.137 e. The molecule has 2 atom stereocenters. The Labute approximate surface area is 285 Å². The number of pyridine rings is 1. The van der Waals surface area contributed by atoms with Crippen LogP contribution in [0.25, 0.3) is 0 Å². The van der Waals surface area contributed by atoms with Gasteiger partial charge in [-0.2, -0.15) is 0 Å². The zero-order valence-corrected chi connectivity index (χ0v) is 27.3. The van der Waals surface area contributed by atoms with Crippen LogP contribution in [0.5, 0.6) is 5.75 Å². The minimum atomic E-state index is -0.186. The van der Waals surface area contributed by atoms with Gasteiger partial charge >= 0.3 is 0 Å². The Kier molecular flexibility index (Phi) is 17.7. The molecule has 3 rings (SSSR count). The quantitative estimate of drug-likeness (QED) is 0.0423. The van der Waals surface area contributed by atoms with Crippen molar-refractivity contribution in [1.29, 1.82) is 0 Å². The fraction of sp³-hybridized carbons (Fsp3) is 0.275. The van der Waals surface area contributed by atoms with Gasteiger partial charge in [-0.05, 0) is 54.2 Å². The monoisotopic (exact) mass is 644 g/mol. The molecule has 0 unspecified atom stereocenters. The molecule has 248 valence electrons. The van der Waals surface area contributed by atoms with Crippen LogP contribution in [-0.4, -0.2) is 57.1 Å². The van der Waals surface area contributed by atoms with E-state index < -0.39 is 0 Å². The number of benzene rings is 2. The summed E-state index contributed by atoms with van der Waals surface area (Å²) in [5.41, 5.74) is 9.28. The number of rotatable bonds is 22. The molecule has 2 aromatic carbocycles. The third kappa shape index (κ3) is 14.8. The van der Waals surface area contributed by atoms with Crippen molar-refractivity contribution in [1.82, 2.24) is 4.98 Å². The molecule has 8 heteroatoms. The van der Waals surface area contributed by atoms with Crippen molar-refractivity contribution >= 4 is 12.4 Å². The van der Waals surface area contributed by atoms with Crippen LogP contribution in [0.2, 0.25) is 0 Å². The SMILES string of the molecule is C#CCOC[C@H](/N=C/C(=C)/C=C\C(=C/N)OCCCCCOc1ccc(/C=N/[C@@H](COCC#C)c2ccccc2)nc1)c1ccccc1. The number of hydrogen-bond donors (Lipinski definition) is 1. The molecule has 1 aromatic heterocycles. The number of aliphatic imine (C=N–C) groups is 2. The molecule has 0 bridgehead atoms. The van der Waals surface area contributed by atoms with E-state index >= 15 is 0 Å². The summed E-state index contributed by atoms with van der Waals surface area (Å²) in [6, 6.07) is 23.3. The van der Waals surface area contributed by atoms with Crippen molar-refractivity contribution in [3.8, 4) is 30.4 Å². The molecule has 0 aliphatic rings. The topological polar surface area (TPSA) is 101 Å². The van der Waals surface area contributed by atoms with Crippen molar-refractivity contribution in [3.05, 3.63) is 132 Å². The first-order chi connectivity index (χ1) is 23.6. The Hall–Kier alpha value is -5.41. The molecular weight excluding hydrogens is 600 g/mol. The number of hydrogen-bond acceptors (Lipinski definition) is 8. The molecule has 1 heterocycles. The first-order valence-electron chi connectivity index (χ1n) is 15.8. The van der Waals surface area contributed by atoms with Crippen LogP contribution in [0.15, 0.2) is 125 Å².